The molecule has 0 amide bonds. The first-order valence-electron chi connectivity index (χ1n) is 5.14. The Balaban J connectivity index is 2.34. The number of nitrogens with two attached hydrogens (primary N) is 1. The van der Waals surface area contributed by atoms with Gasteiger partial charge in [-0.25, -0.2) is 8.78 Å². The second kappa shape index (κ2) is 4.94. The lowest BCUT2D eigenvalue weighted by molar-refractivity contribution is 0.509. The summed E-state index contributed by atoms with van der Waals surface area (Å²) in [5.41, 5.74) is 5.55. The molecule has 2 rings (SSSR count). The van der Waals surface area contributed by atoms with Crippen LogP contribution in [0, 0.1) is 11.6 Å². The fourth-order valence-corrected chi connectivity index (χ4v) is 2.64. The van der Waals surface area contributed by atoms with Gasteiger partial charge >= 0.3 is 0 Å². The van der Waals surface area contributed by atoms with E-state index in [0.29, 0.717) is 0 Å². The predicted molar refractivity (Wildman–Crippen MR) is 63.6 cm³/mol. The standard InChI is InChI=1S/C10H10F2N4O2S/c11-8-2-1-7(3-9(8)12)16-19(17,18)10-6(4-13)5-14-15-10/h1-3,5,16H,4,13H2,(H,14,15). The van der Waals surface area contributed by atoms with Crippen LogP contribution in [0.25, 0.3) is 0 Å². The summed E-state index contributed by atoms with van der Waals surface area (Å²) >= 11 is 0. The van der Waals surface area contributed by atoms with Crippen LogP contribution in [0.3, 0.4) is 0 Å². The van der Waals surface area contributed by atoms with Crippen molar-refractivity contribution < 1.29 is 17.2 Å². The SMILES string of the molecule is NCc1cn[nH]c1S(=O)(=O)Nc1ccc(F)c(F)c1. The van der Waals surface area contributed by atoms with E-state index < -0.39 is 21.7 Å². The molecule has 2 aromatic rings. The van der Waals surface area contributed by atoms with Crippen LogP contribution in [0.5, 0.6) is 0 Å². The molecule has 0 aliphatic rings. The number of sulfonamides is 1. The molecule has 0 fully saturated rings. The number of H-pyrrole nitrogens is 1. The van der Waals surface area contributed by atoms with Crippen LogP contribution in [0.2, 0.25) is 0 Å². The molecule has 1 aromatic carbocycles. The molecule has 4 N–H and O–H groups in total. The van der Waals surface area contributed by atoms with Gasteiger partial charge < -0.3 is 5.73 Å². The highest BCUT2D eigenvalue weighted by Gasteiger charge is 2.20. The van der Waals surface area contributed by atoms with Crippen molar-refractivity contribution in [1.82, 2.24) is 10.2 Å². The highest BCUT2D eigenvalue weighted by atomic mass is 32.2. The van der Waals surface area contributed by atoms with E-state index in [1.165, 1.54) is 6.20 Å². The van der Waals surface area contributed by atoms with Gasteiger partial charge in [0.1, 0.15) is 0 Å². The van der Waals surface area contributed by atoms with E-state index >= 15 is 0 Å². The van der Waals surface area contributed by atoms with Gasteiger partial charge in [0.25, 0.3) is 10.0 Å². The third kappa shape index (κ3) is 2.71. The van der Waals surface area contributed by atoms with Gasteiger partial charge in [0.15, 0.2) is 16.7 Å². The number of aromatic nitrogens is 2. The lowest BCUT2D eigenvalue weighted by atomic mass is 10.3. The topological polar surface area (TPSA) is 101 Å². The Morgan fingerprint density at radius 1 is 1.32 bits per heavy atom. The van der Waals surface area contributed by atoms with E-state index in [0.717, 1.165) is 18.2 Å². The fourth-order valence-electron chi connectivity index (χ4n) is 1.44. The lowest BCUT2D eigenvalue weighted by Gasteiger charge is -2.07. The molecular formula is C10H10F2N4O2S. The maximum absolute atomic E-state index is 13.0. The molecule has 0 unspecified atom stereocenters. The van der Waals surface area contributed by atoms with Gasteiger partial charge in [-0.1, -0.05) is 0 Å². The first kappa shape index (κ1) is 13.4. The second-order valence-corrected chi connectivity index (χ2v) is 5.28. The molecule has 0 aliphatic carbocycles. The van der Waals surface area contributed by atoms with Gasteiger partial charge in [0, 0.05) is 18.2 Å². The minimum absolute atomic E-state index is 0.0233. The van der Waals surface area contributed by atoms with E-state index in [4.69, 9.17) is 5.73 Å². The van der Waals surface area contributed by atoms with E-state index in [-0.39, 0.29) is 22.8 Å². The summed E-state index contributed by atoms with van der Waals surface area (Å²) in [5.74, 6) is -2.21. The highest BCUT2D eigenvalue weighted by Crippen LogP contribution is 2.19. The molecule has 0 aliphatic heterocycles. The van der Waals surface area contributed by atoms with Crippen molar-refractivity contribution in [3.8, 4) is 0 Å². The number of halogens is 2. The Morgan fingerprint density at radius 3 is 2.68 bits per heavy atom. The number of nitrogens with one attached hydrogen (secondary N) is 2. The molecule has 19 heavy (non-hydrogen) atoms. The third-order valence-electron chi connectivity index (χ3n) is 2.34. The van der Waals surface area contributed by atoms with Crippen molar-refractivity contribution in [1.29, 1.82) is 0 Å². The average molecular weight is 288 g/mol. The van der Waals surface area contributed by atoms with E-state index in [9.17, 15) is 17.2 Å². The molecule has 0 bridgehead atoms. The largest absolute Gasteiger partial charge is 0.326 e. The molecular weight excluding hydrogens is 278 g/mol. The molecule has 0 radical (unpaired) electrons. The van der Waals surface area contributed by atoms with E-state index in [1.54, 1.807) is 0 Å². The lowest BCUT2D eigenvalue weighted by Crippen LogP contribution is -2.16. The smallest absolute Gasteiger partial charge is 0.279 e. The number of hydrogen-bond donors (Lipinski definition) is 3. The molecule has 9 heteroatoms. The van der Waals surface area contributed by atoms with Crippen molar-refractivity contribution in [3.05, 3.63) is 41.6 Å². The molecule has 0 saturated heterocycles. The summed E-state index contributed by atoms with van der Waals surface area (Å²) in [6.07, 6.45) is 1.28. The Labute approximate surface area is 107 Å². The van der Waals surface area contributed by atoms with Crippen molar-refractivity contribution in [2.75, 3.05) is 4.72 Å². The Bertz CT molecular complexity index is 699. The van der Waals surface area contributed by atoms with Crippen LogP contribution < -0.4 is 10.5 Å². The summed E-state index contributed by atoms with van der Waals surface area (Å²) in [5, 5.41) is 5.66. The number of hydrogen-bond acceptors (Lipinski definition) is 4. The Kier molecular flexibility index (Phi) is 3.49. The maximum Gasteiger partial charge on any atom is 0.279 e. The normalized spacial score (nSPS) is 11.5. The quantitative estimate of drug-likeness (QED) is 0.779. The van der Waals surface area contributed by atoms with Crippen molar-refractivity contribution in [2.24, 2.45) is 5.73 Å². The van der Waals surface area contributed by atoms with Crippen molar-refractivity contribution >= 4 is 15.7 Å². The highest BCUT2D eigenvalue weighted by molar-refractivity contribution is 7.92. The zero-order valence-electron chi connectivity index (χ0n) is 9.52. The van der Waals surface area contributed by atoms with E-state index in [2.05, 4.69) is 14.9 Å². The minimum atomic E-state index is -3.98. The van der Waals surface area contributed by atoms with Crippen LogP contribution in [-0.4, -0.2) is 18.6 Å². The number of anilines is 1. The van der Waals surface area contributed by atoms with Crippen LogP contribution in [0.4, 0.5) is 14.5 Å². The first-order valence-corrected chi connectivity index (χ1v) is 6.62. The predicted octanol–water partition coefficient (Wildman–Crippen LogP) is 0.947. The molecule has 0 saturated carbocycles. The van der Waals surface area contributed by atoms with Gasteiger partial charge in [-0.05, 0) is 12.1 Å². The molecule has 6 nitrogen and oxygen atoms in total. The van der Waals surface area contributed by atoms with Crippen LogP contribution in [0.15, 0.2) is 29.4 Å². The summed E-state index contributed by atoms with van der Waals surface area (Å²) in [6.45, 7) is -0.0233. The monoisotopic (exact) mass is 288 g/mol. The summed E-state index contributed by atoms with van der Waals surface area (Å²) in [6, 6.07) is 2.67. The Morgan fingerprint density at radius 2 is 2.05 bits per heavy atom. The molecule has 0 atom stereocenters. The number of nitrogens with zero attached hydrogens (tertiary/aromatic N) is 1. The van der Waals surface area contributed by atoms with Crippen molar-refractivity contribution in [3.63, 3.8) is 0 Å². The van der Waals surface area contributed by atoms with Gasteiger partial charge in [0.05, 0.1) is 11.9 Å². The summed E-state index contributed by atoms with van der Waals surface area (Å²) < 4.78 is 51.8. The summed E-state index contributed by atoms with van der Waals surface area (Å²) in [4.78, 5) is 0. The number of benzene rings is 1. The zero-order valence-corrected chi connectivity index (χ0v) is 10.3. The van der Waals surface area contributed by atoms with Crippen molar-refractivity contribution in [2.45, 2.75) is 11.6 Å². The maximum atomic E-state index is 13.0. The second-order valence-electron chi connectivity index (χ2n) is 3.66. The average Bonchev–Trinajstić information content (AvgIpc) is 2.82. The number of aromatic amines is 1. The summed E-state index contributed by atoms with van der Waals surface area (Å²) in [7, 11) is -3.98. The van der Waals surface area contributed by atoms with Crippen LogP contribution in [-0.2, 0) is 16.6 Å². The molecule has 102 valence electrons. The molecule has 0 spiro atoms. The van der Waals surface area contributed by atoms with E-state index in [1.807, 2.05) is 0 Å². The van der Waals surface area contributed by atoms with Gasteiger partial charge in [-0.15, -0.1) is 0 Å². The minimum Gasteiger partial charge on any atom is -0.326 e. The Hall–Kier alpha value is -2.00. The number of rotatable bonds is 4. The molecule has 1 heterocycles. The fraction of sp³-hybridized carbons (Fsp3) is 0.100. The van der Waals surface area contributed by atoms with Gasteiger partial charge in [-0.2, -0.15) is 13.5 Å². The van der Waals surface area contributed by atoms with Gasteiger partial charge in [-0.3, -0.25) is 9.82 Å². The molecule has 1 aromatic heterocycles. The third-order valence-corrected chi connectivity index (χ3v) is 3.73. The zero-order chi connectivity index (χ0) is 14.0. The first-order chi connectivity index (χ1) is 8.94. The van der Waals surface area contributed by atoms with Crippen LogP contribution >= 0.6 is 0 Å². The van der Waals surface area contributed by atoms with Gasteiger partial charge in [0.2, 0.25) is 0 Å². The van der Waals surface area contributed by atoms with Crippen LogP contribution in [0.1, 0.15) is 5.56 Å².